The second kappa shape index (κ2) is 9.79. The van der Waals surface area contributed by atoms with Crippen molar-refractivity contribution in [1.82, 2.24) is 18.6 Å². The number of hydrogen-bond donors (Lipinski definition) is 1. The van der Waals surface area contributed by atoms with Crippen LogP contribution in [0, 0.1) is 0 Å². The van der Waals surface area contributed by atoms with E-state index in [0.29, 0.717) is 45.0 Å². The highest BCUT2D eigenvalue weighted by Gasteiger charge is 2.32. The molecule has 1 saturated heterocycles. The van der Waals surface area contributed by atoms with E-state index in [2.05, 4.69) is 0 Å². The number of aryl methyl sites for hydroxylation is 1. The number of fused-ring (bicyclic) bond motifs is 1. The van der Waals surface area contributed by atoms with E-state index >= 15 is 0 Å². The van der Waals surface area contributed by atoms with Crippen molar-refractivity contribution in [2.24, 2.45) is 19.8 Å². The van der Waals surface area contributed by atoms with Crippen molar-refractivity contribution in [2.75, 3.05) is 31.1 Å². The van der Waals surface area contributed by atoms with Crippen molar-refractivity contribution < 1.29 is 14.3 Å². The van der Waals surface area contributed by atoms with Crippen molar-refractivity contribution >= 4 is 28.9 Å². The van der Waals surface area contributed by atoms with Crippen LogP contribution in [0.15, 0.2) is 39.9 Å². The molecule has 2 amide bonds. The van der Waals surface area contributed by atoms with E-state index in [1.54, 1.807) is 9.47 Å². The van der Waals surface area contributed by atoms with Gasteiger partial charge in [0.1, 0.15) is 22.5 Å². The molecule has 0 unspecified atom stereocenters. The lowest BCUT2D eigenvalue weighted by Gasteiger charge is -2.27. The van der Waals surface area contributed by atoms with Gasteiger partial charge in [-0.2, -0.15) is 0 Å². The lowest BCUT2D eigenvalue weighted by atomic mass is 10.2. The lowest BCUT2D eigenvalue weighted by Crippen LogP contribution is -2.39. The van der Waals surface area contributed by atoms with Gasteiger partial charge in [0.15, 0.2) is 0 Å². The molecule has 0 atom stereocenters. The molecule has 1 aromatic carbocycles. The van der Waals surface area contributed by atoms with Gasteiger partial charge >= 0.3 is 11.8 Å². The molecule has 2 N–H and O–H groups in total. The molecule has 3 aromatic rings. The summed E-state index contributed by atoms with van der Waals surface area (Å²) in [7, 11) is 2.94. The van der Waals surface area contributed by atoms with E-state index in [4.69, 9.17) is 10.5 Å². The fraction of sp³-hybridized carbons (Fsp3) is 0.462. The van der Waals surface area contributed by atoms with Gasteiger partial charge in [-0.05, 0) is 32.8 Å². The summed E-state index contributed by atoms with van der Waals surface area (Å²) >= 11 is 0. The number of ether oxygens (including phenoxy) is 1. The van der Waals surface area contributed by atoms with Crippen molar-refractivity contribution in [3.05, 3.63) is 62.3 Å². The van der Waals surface area contributed by atoms with Crippen molar-refractivity contribution in [1.29, 1.82) is 0 Å². The minimum atomic E-state index is -0.733. The molecule has 37 heavy (non-hydrogen) atoms. The summed E-state index contributed by atoms with van der Waals surface area (Å²) < 4.78 is 9.66. The van der Waals surface area contributed by atoms with Crippen LogP contribution in [-0.4, -0.2) is 62.4 Å². The number of anilines is 1. The highest BCUT2D eigenvalue weighted by Crippen LogP contribution is 2.32. The van der Waals surface area contributed by atoms with Gasteiger partial charge in [-0.3, -0.25) is 18.7 Å². The zero-order valence-corrected chi connectivity index (χ0v) is 22.0. The number of amides is 2. The third-order valence-electron chi connectivity index (χ3n) is 6.50. The van der Waals surface area contributed by atoms with E-state index in [-0.39, 0.29) is 16.6 Å². The zero-order valence-electron chi connectivity index (χ0n) is 22.0. The fourth-order valence-corrected chi connectivity index (χ4v) is 4.82. The molecule has 0 saturated carbocycles. The Hall–Kier alpha value is -4.02. The summed E-state index contributed by atoms with van der Waals surface area (Å²) in [4.78, 5) is 55.5. The molecular formula is C26H34N6O5. The maximum atomic E-state index is 13.4. The van der Waals surface area contributed by atoms with E-state index in [0.717, 1.165) is 10.1 Å². The highest BCUT2D eigenvalue weighted by molar-refractivity contribution is 6.10. The number of carbonyl (C=O) groups is 2. The standard InChI is InChI=1S/C26H34N6O5/c1-26(2,3)37-25(36)31-13-9-12-30(14-15-31)22-18(21(27)33)19-20(23(34)29(5)24(35)28(19)4)32(22)16-17-10-7-6-8-11-17/h6-8,10-11H,9,12-16H2,1-5H3,(H2,27,33). The zero-order chi connectivity index (χ0) is 27.1. The Balaban J connectivity index is 1.89. The van der Waals surface area contributed by atoms with Crippen LogP contribution >= 0.6 is 0 Å². The molecule has 1 aliphatic rings. The van der Waals surface area contributed by atoms with Gasteiger partial charge in [-0.25, -0.2) is 9.59 Å². The molecule has 198 valence electrons. The molecule has 0 bridgehead atoms. The molecule has 3 heterocycles. The summed E-state index contributed by atoms with van der Waals surface area (Å²) in [6.45, 7) is 7.49. The minimum Gasteiger partial charge on any atom is -0.444 e. The second-order valence-corrected chi connectivity index (χ2v) is 10.3. The molecule has 2 aromatic heterocycles. The normalized spacial score (nSPS) is 14.6. The van der Waals surface area contributed by atoms with Crippen LogP contribution in [0.3, 0.4) is 0 Å². The van der Waals surface area contributed by atoms with Crippen LogP contribution < -0.4 is 21.9 Å². The smallest absolute Gasteiger partial charge is 0.410 e. The molecule has 1 aliphatic heterocycles. The summed E-state index contributed by atoms with van der Waals surface area (Å²) in [6, 6.07) is 9.55. The Morgan fingerprint density at radius 3 is 2.24 bits per heavy atom. The van der Waals surface area contributed by atoms with Gasteiger partial charge < -0.3 is 24.8 Å². The predicted octanol–water partition coefficient (Wildman–Crippen LogP) is 1.63. The lowest BCUT2D eigenvalue weighted by molar-refractivity contribution is 0.0263. The maximum Gasteiger partial charge on any atom is 0.410 e. The number of nitrogens with two attached hydrogens (primary N) is 1. The largest absolute Gasteiger partial charge is 0.444 e. The predicted molar refractivity (Wildman–Crippen MR) is 141 cm³/mol. The average molecular weight is 511 g/mol. The summed E-state index contributed by atoms with van der Waals surface area (Å²) in [5.41, 5.74) is 5.70. The average Bonchev–Trinajstić information content (AvgIpc) is 2.98. The third-order valence-corrected chi connectivity index (χ3v) is 6.50. The van der Waals surface area contributed by atoms with Crippen LogP contribution in [0.5, 0.6) is 0 Å². The quantitative estimate of drug-likeness (QED) is 0.569. The molecular weight excluding hydrogens is 476 g/mol. The minimum absolute atomic E-state index is 0.119. The summed E-state index contributed by atoms with van der Waals surface area (Å²) in [5.74, 6) is -0.265. The SMILES string of the molecule is Cn1c(=O)c2c(c(C(N)=O)c(N3CCCN(C(=O)OC(C)(C)C)CC3)n2Cc2ccccc2)n(C)c1=O. The van der Waals surface area contributed by atoms with Crippen LogP contribution in [0.4, 0.5) is 10.6 Å². The number of hydrogen-bond acceptors (Lipinski definition) is 6. The Bertz CT molecular complexity index is 1460. The first-order valence-corrected chi connectivity index (χ1v) is 12.3. The Kier molecular flexibility index (Phi) is 6.90. The summed E-state index contributed by atoms with van der Waals surface area (Å²) in [5, 5.41) is 0. The Morgan fingerprint density at radius 2 is 1.62 bits per heavy atom. The number of aromatic nitrogens is 3. The maximum absolute atomic E-state index is 13.4. The first kappa shape index (κ1) is 26.1. The van der Waals surface area contributed by atoms with Crippen LogP contribution in [0.25, 0.3) is 11.0 Å². The van der Waals surface area contributed by atoms with Gasteiger partial charge in [0.2, 0.25) is 0 Å². The molecule has 0 radical (unpaired) electrons. The summed E-state index contributed by atoms with van der Waals surface area (Å²) in [6.07, 6.45) is 0.215. The third kappa shape index (κ3) is 4.98. The molecule has 11 nitrogen and oxygen atoms in total. The molecule has 11 heteroatoms. The van der Waals surface area contributed by atoms with Gasteiger partial charge in [-0.15, -0.1) is 0 Å². The van der Waals surface area contributed by atoms with Crippen LogP contribution in [0.1, 0.15) is 43.1 Å². The topological polar surface area (TPSA) is 125 Å². The molecule has 1 fully saturated rings. The first-order valence-electron chi connectivity index (χ1n) is 12.3. The van der Waals surface area contributed by atoms with Gasteiger partial charge in [0, 0.05) is 46.8 Å². The number of benzene rings is 1. The van der Waals surface area contributed by atoms with Crippen LogP contribution in [0.2, 0.25) is 0 Å². The van der Waals surface area contributed by atoms with Gasteiger partial charge in [0.25, 0.3) is 11.5 Å². The number of rotatable bonds is 4. The van der Waals surface area contributed by atoms with Crippen LogP contribution in [-0.2, 0) is 25.4 Å². The number of carbonyl (C=O) groups excluding carboxylic acids is 2. The second-order valence-electron chi connectivity index (χ2n) is 10.3. The fourth-order valence-electron chi connectivity index (χ4n) is 4.82. The Morgan fingerprint density at radius 1 is 0.946 bits per heavy atom. The highest BCUT2D eigenvalue weighted by atomic mass is 16.6. The number of nitrogens with zero attached hydrogens (tertiary/aromatic N) is 5. The molecule has 4 rings (SSSR count). The van der Waals surface area contributed by atoms with Gasteiger partial charge in [-0.1, -0.05) is 30.3 Å². The first-order chi connectivity index (χ1) is 17.4. The van der Waals surface area contributed by atoms with E-state index in [1.807, 2.05) is 56.0 Å². The van der Waals surface area contributed by atoms with E-state index in [9.17, 15) is 19.2 Å². The van der Waals surface area contributed by atoms with Crippen molar-refractivity contribution in [3.8, 4) is 0 Å². The van der Waals surface area contributed by atoms with Crippen molar-refractivity contribution in [3.63, 3.8) is 0 Å². The molecule has 0 spiro atoms. The number of primary amides is 1. The van der Waals surface area contributed by atoms with E-state index < -0.39 is 28.9 Å². The Labute approximate surface area is 214 Å². The monoisotopic (exact) mass is 510 g/mol. The molecule has 0 aliphatic carbocycles. The van der Waals surface area contributed by atoms with Gasteiger partial charge in [0.05, 0.1) is 5.52 Å². The van der Waals surface area contributed by atoms with E-state index in [1.165, 1.54) is 18.7 Å². The van der Waals surface area contributed by atoms with Crippen molar-refractivity contribution in [2.45, 2.75) is 39.3 Å².